The maximum absolute atomic E-state index is 12.5. The molecule has 5 rings (SSSR count). The number of thiazole rings is 1. The molecular formula is C23H16Cl2N6O2S2. The predicted molar refractivity (Wildman–Crippen MR) is 136 cm³/mol. The van der Waals surface area contributed by atoms with Crippen LogP contribution in [-0.4, -0.2) is 30.6 Å². The molecule has 0 fully saturated rings. The van der Waals surface area contributed by atoms with Crippen molar-refractivity contribution in [3.63, 3.8) is 0 Å². The van der Waals surface area contributed by atoms with Crippen LogP contribution < -0.4 is 5.32 Å². The van der Waals surface area contributed by atoms with Crippen molar-refractivity contribution in [1.29, 1.82) is 0 Å². The maximum atomic E-state index is 12.5. The van der Waals surface area contributed by atoms with Crippen LogP contribution in [0.1, 0.15) is 21.2 Å². The number of carbonyl (C=O) groups excluding carboxylic acids is 1. The highest BCUT2D eigenvalue weighted by molar-refractivity contribution is 7.98. The molecule has 176 valence electrons. The summed E-state index contributed by atoms with van der Waals surface area (Å²) >= 11 is 15.5. The summed E-state index contributed by atoms with van der Waals surface area (Å²) in [4.78, 5) is 21.2. The first-order valence-electron chi connectivity index (χ1n) is 10.3. The molecule has 8 nitrogen and oxygen atoms in total. The number of rotatable bonds is 8. The zero-order chi connectivity index (χ0) is 24.2. The van der Waals surface area contributed by atoms with Crippen LogP contribution in [0.2, 0.25) is 10.0 Å². The van der Waals surface area contributed by atoms with Gasteiger partial charge in [-0.1, -0.05) is 41.0 Å². The van der Waals surface area contributed by atoms with Crippen LogP contribution in [0.5, 0.6) is 0 Å². The molecule has 1 N–H and O–H groups in total. The Morgan fingerprint density at radius 2 is 2.06 bits per heavy atom. The zero-order valence-electron chi connectivity index (χ0n) is 17.9. The van der Waals surface area contributed by atoms with Crippen LogP contribution in [0.15, 0.2) is 75.9 Å². The molecule has 0 aliphatic rings. The van der Waals surface area contributed by atoms with E-state index in [0.717, 1.165) is 10.7 Å². The number of pyridine rings is 1. The molecule has 0 aliphatic heterocycles. The van der Waals surface area contributed by atoms with Crippen LogP contribution in [0.25, 0.3) is 17.3 Å². The molecule has 0 saturated carbocycles. The van der Waals surface area contributed by atoms with Crippen molar-refractivity contribution in [1.82, 2.24) is 30.0 Å². The summed E-state index contributed by atoms with van der Waals surface area (Å²) in [5.74, 6) is 1.26. The minimum atomic E-state index is -0.253. The molecule has 0 spiro atoms. The topological polar surface area (TPSA) is 98.7 Å². The van der Waals surface area contributed by atoms with Crippen LogP contribution in [0, 0.1) is 0 Å². The Labute approximate surface area is 218 Å². The number of amides is 1. The Morgan fingerprint density at radius 3 is 2.86 bits per heavy atom. The second-order valence-corrected chi connectivity index (χ2v) is 9.86. The lowest BCUT2D eigenvalue weighted by Crippen LogP contribution is -2.23. The van der Waals surface area contributed by atoms with Gasteiger partial charge in [0.1, 0.15) is 10.7 Å². The number of thioether (sulfide) groups is 1. The van der Waals surface area contributed by atoms with Crippen molar-refractivity contribution in [2.24, 2.45) is 0 Å². The third-order valence-electron chi connectivity index (χ3n) is 4.79. The van der Waals surface area contributed by atoms with Crippen molar-refractivity contribution < 1.29 is 9.21 Å². The summed E-state index contributed by atoms with van der Waals surface area (Å²) in [7, 11) is 0. The normalized spacial score (nSPS) is 11.0. The van der Waals surface area contributed by atoms with E-state index in [1.807, 2.05) is 18.2 Å². The molecule has 0 bridgehead atoms. The number of aromatic nitrogens is 5. The molecule has 12 heteroatoms. The molecule has 4 heterocycles. The van der Waals surface area contributed by atoms with E-state index in [1.54, 1.807) is 52.7 Å². The summed E-state index contributed by atoms with van der Waals surface area (Å²) in [6.45, 7) is 0.334. The van der Waals surface area contributed by atoms with E-state index >= 15 is 0 Å². The van der Waals surface area contributed by atoms with Gasteiger partial charge in [0, 0.05) is 16.6 Å². The van der Waals surface area contributed by atoms with Crippen molar-refractivity contribution in [2.45, 2.75) is 17.5 Å². The smallest absolute Gasteiger partial charge is 0.271 e. The van der Waals surface area contributed by atoms with Crippen molar-refractivity contribution >= 4 is 52.2 Å². The van der Waals surface area contributed by atoms with Gasteiger partial charge in [-0.3, -0.25) is 14.3 Å². The second kappa shape index (κ2) is 10.6. The first-order valence-corrected chi connectivity index (χ1v) is 12.9. The minimum Gasteiger partial charge on any atom is -0.461 e. The standard InChI is InChI=1S/C23H16Cl2N6O2S2/c24-14-6-7-16(25)18(10-14)31-21(19-5-3-9-33-19)29-30-23(31)35-13-20-28-17(12-34-20)22(32)27-11-15-4-1-2-8-26-15/h1-10,12H,11,13H2,(H,27,32). The van der Waals surface area contributed by atoms with Crippen LogP contribution in [-0.2, 0) is 12.3 Å². The third kappa shape index (κ3) is 5.40. The van der Waals surface area contributed by atoms with E-state index in [0.29, 0.717) is 50.5 Å². The molecule has 0 saturated heterocycles. The monoisotopic (exact) mass is 542 g/mol. The van der Waals surface area contributed by atoms with Crippen LogP contribution in [0.3, 0.4) is 0 Å². The molecule has 5 aromatic rings. The fourth-order valence-corrected chi connectivity index (χ4v) is 5.28. The highest BCUT2D eigenvalue weighted by Crippen LogP contribution is 2.34. The van der Waals surface area contributed by atoms with Gasteiger partial charge in [-0.25, -0.2) is 4.98 Å². The van der Waals surface area contributed by atoms with Gasteiger partial charge in [-0.15, -0.1) is 21.5 Å². The van der Waals surface area contributed by atoms with Gasteiger partial charge in [-0.2, -0.15) is 0 Å². The Bertz CT molecular complexity index is 1450. The molecule has 0 aliphatic carbocycles. The van der Waals surface area contributed by atoms with Gasteiger partial charge in [0.05, 0.1) is 35.0 Å². The summed E-state index contributed by atoms with van der Waals surface area (Å²) in [6.07, 6.45) is 3.25. The number of carbonyl (C=O) groups is 1. The number of nitrogens with one attached hydrogen (secondary N) is 1. The molecule has 35 heavy (non-hydrogen) atoms. The number of hydrogen-bond acceptors (Lipinski definition) is 8. The predicted octanol–water partition coefficient (Wildman–Crippen LogP) is 5.91. The lowest BCUT2D eigenvalue weighted by Gasteiger charge is -2.11. The fraction of sp³-hybridized carbons (Fsp3) is 0.0870. The third-order valence-corrected chi connectivity index (χ3v) is 7.32. The van der Waals surface area contributed by atoms with Gasteiger partial charge in [0.25, 0.3) is 5.91 Å². The quantitative estimate of drug-likeness (QED) is 0.243. The van der Waals surface area contributed by atoms with Crippen LogP contribution in [0.4, 0.5) is 0 Å². The van der Waals surface area contributed by atoms with Gasteiger partial charge in [-0.05, 0) is 42.5 Å². The average molecular weight is 543 g/mol. The first kappa shape index (κ1) is 23.6. The lowest BCUT2D eigenvalue weighted by molar-refractivity contribution is 0.0946. The van der Waals surface area contributed by atoms with Gasteiger partial charge in [0.2, 0.25) is 5.82 Å². The first-order chi connectivity index (χ1) is 17.1. The Balaban J connectivity index is 1.34. The van der Waals surface area contributed by atoms with Gasteiger partial charge in [0.15, 0.2) is 10.9 Å². The molecular weight excluding hydrogens is 527 g/mol. The fourth-order valence-electron chi connectivity index (χ4n) is 3.18. The largest absolute Gasteiger partial charge is 0.461 e. The average Bonchev–Trinajstić information content (AvgIpc) is 3.64. The van der Waals surface area contributed by atoms with Gasteiger partial charge >= 0.3 is 0 Å². The van der Waals surface area contributed by atoms with Crippen molar-refractivity contribution in [3.05, 3.63) is 92.8 Å². The Morgan fingerprint density at radius 1 is 1.14 bits per heavy atom. The summed E-state index contributed by atoms with van der Waals surface area (Å²) in [6, 6.07) is 14.3. The van der Waals surface area contributed by atoms with Gasteiger partial charge < -0.3 is 9.73 Å². The Hall–Kier alpha value is -3.18. The molecule has 4 aromatic heterocycles. The number of benzene rings is 1. The zero-order valence-corrected chi connectivity index (χ0v) is 21.0. The number of furan rings is 1. The van der Waals surface area contributed by atoms with Crippen molar-refractivity contribution in [3.8, 4) is 17.3 Å². The molecule has 0 unspecified atom stereocenters. The molecule has 1 amide bonds. The summed E-state index contributed by atoms with van der Waals surface area (Å²) in [5, 5.41) is 15.6. The SMILES string of the molecule is O=C(NCc1ccccn1)c1csc(CSc2nnc(-c3ccco3)n2-c2cc(Cl)ccc2Cl)n1. The van der Waals surface area contributed by atoms with Crippen molar-refractivity contribution in [2.75, 3.05) is 0 Å². The minimum absolute atomic E-state index is 0.253. The maximum Gasteiger partial charge on any atom is 0.271 e. The highest BCUT2D eigenvalue weighted by atomic mass is 35.5. The number of halogens is 2. The van der Waals surface area contributed by atoms with E-state index in [9.17, 15) is 4.79 Å². The molecule has 0 radical (unpaired) electrons. The van der Waals surface area contributed by atoms with E-state index in [-0.39, 0.29) is 5.91 Å². The summed E-state index contributed by atoms with van der Waals surface area (Å²) in [5.41, 5.74) is 1.77. The molecule has 1 aromatic carbocycles. The van der Waals surface area contributed by atoms with Crippen LogP contribution >= 0.6 is 46.3 Å². The second-order valence-electron chi connectivity index (χ2n) is 7.13. The van der Waals surface area contributed by atoms with E-state index in [4.69, 9.17) is 27.6 Å². The highest BCUT2D eigenvalue weighted by Gasteiger charge is 2.21. The summed E-state index contributed by atoms with van der Waals surface area (Å²) < 4.78 is 7.34. The number of hydrogen-bond donors (Lipinski definition) is 1. The van der Waals surface area contributed by atoms with E-state index in [1.165, 1.54) is 23.1 Å². The number of nitrogens with zero attached hydrogens (tertiary/aromatic N) is 5. The molecule has 0 atom stereocenters. The van der Waals surface area contributed by atoms with E-state index in [2.05, 4.69) is 25.5 Å². The van der Waals surface area contributed by atoms with E-state index < -0.39 is 0 Å². The lowest BCUT2D eigenvalue weighted by atomic mass is 10.3. The Kier molecular flexibility index (Phi) is 7.14.